The molecule has 2 rings (SSSR count). The molecule has 0 aromatic heterocycles. The predicted molar refractivity (Wildman–Crippen MR) is 69.6 cm³/mol. The molecule has 0 N–H and O–H groups in total. The smallest absolute Gasteiger partial charge is 0.00957 e. The molecule has 0 unspecified atom stereocenters. The van der Waals surface area contributed by atoms with Crippen molar-refractivity contribution in [3.05, 3.63) is 35.9 Å². The SMILES string of the molecule is CC[C@H](CCc1ccccc1)N1CCCC1. The summed E-state index contributed by atoms with van der Waals surface area (Å²) in [6.45, 7) is 4.98. The van der Waals surface area contributed by atoms with Gasteiger partial charge in [0, 0.05) is 6.04 Å². The van der Waals surface area contributed by atoms with Crippen LogP contribution in [0, 0.1) is 0 Å². The van der Waals surface area contributed by atoms with E-state index in [1.807, 2.05) is 0 Å². The van der Waals surface area contributed by atoms with Gasteiger partial charge in [-0.1, -0.05) is 37.3 Å². The maximum Gasteiger partial charge on any atom is 0.00957 e. The van der Waals surface area contributed by atoms with E-state index in [4.69, 9.17) is 0 Å². The first kappa shape index (κ1) is 11.7. The molecular weight excluding hydrogens is 194 g/mol. The number of nitrogens with zero attached hydrogens (tertiary/aromatic N) is 1. The van der Waals surface area contributed by atoms with Gasteiger partial charge in [-0.2, -0.15) is 0 Å². The molecule has 1 saturated heterocycles. The van der Waals surface area contributed by atoms with E-state index in [0.717, 1.165) is 6.04 Å². The summed E-state index contributed by atoms with van der Waals surface area (Å²) in [7, 11) is 0. The Hall–Kier alpha value is -0.820. The second kappa shape index (κ2) is 6.05. The van der Waals surface area contributed by atoms with Crippen molar-refractivity contribution in [1.82, 2.24) is 4.90 Å². The van der Waals surface area contributed by atoms with E-state index < -0.39 is 0 Å². The maximum atomic E-state index is 2.68. The van der Waals surface area contributed by atoms with Crippen molar-refractivity contribution in [2.75, 3.05) is 13.1 Å². The monoisotopic (exact) mass is 217 g/mol. The van der Waals surface area contributed by atoms with Crippen molar-refractivity contribution in [1.29, 1.82) is 0 Å². The van der Waals surface area contributed by atoms with Gasteiger partial charge >= 0.3 is 0 Å². The zero-order chi connectivity index (χ0) is 11.2. The molecule has 1 heteroatoms. The Kier molecular flexibility index (Phi) is 4.41. The highest BCUT2D eigenvalue weighted by molar-refractivity contribution is 5.14. The van der Waals surface area contributed by atoms with Crippen molar-refractivity contribution in [2.45, 2.75) is 45.1 Å². The lowest BCUT2D eigenvalue weighted by Gasteiger charge is -2.26. The molecule has 0 amide bonds. The van der Waals surface area contributed by atoms with Crippen molar-refractivity contribution >= 4 is 0 Å². The van der Waals surface area contributed by atoms with Gasteiger partial charge in [-0.15, -0.1) is 0 Å². The second-order valence-electron chi connectivity index (χ2n) is 4.83. The van der Waals surface area contributed by atoms with E-state index in [1.54, 1.807) is 0 Å². The topological polar surface area (TPSA) is 3.24 Å². The molecule has 0 radical (unpaired) electrons. The minimum Gasteiger partial charge on any atom is -0.300 e. The zero-order valence-electron chi connectivity index (χ0n) is 10.4. The lowest BCUT2D eigenvalue weighted by atomic mass is 10.0. The molecule has 1 aromatic carbocycles. The van der Waals surface area contributed by atoms with Crippen LogP contribution in [0.5, 0.6) is 0 Å². The first-order chi connectivity index (χ1) is 7.90. The summed E-state index contributed by atoms with van der Waals surface area (Å²) in [5, 5.41) is 0. The Bertz CT molecular complexity index is 288. The van der Waals surface area contributed by atoms with E-state index in [1.165, 1.54) is 50.8 Å². The number of hydrogen-bond acceptors (Lipinski definition) is 1. The normalized spacial score (nSPS) is 18.8. The Morgan fingerprint density at radius 2 is 1.81 bits per heavy atom. The Balaban J connectivity index is 1.83. The molecule has 0 bridgehead atoms. The number of likely N-dealkylation sites (tertiary alicyclic amines) is 1. The fraction of sp³-hybridized carbons (Fsp3) is 0.600. The van der Waals surface area contributed by atoms with Gasteiger partial charge in [0.05, 0.1) is 0 Å². The third-order valence-corrected chi connectivity index (χ3v) is 3.74. The minimum absolute atomic E-state index is 0.808. The molecular formula is C15H23N. The molecule has 1 aliphatic heterocycles. The van der Waals surface area contributed by atoms with Gasteiger partial charge in [-0.25, -0.2) is 0 Å². The molecule has 1 nitrogen and oxygen atoms in total. The quantitative estimate of drug-likeness (QED) is 0.729. The lowest BCUT2D eigenvalue weighted by molar-refractivity contribution is 0.224. The Labute approximate surface area is 99.5 Å². The summed E-state index contributed by atoms with van der Waals surface area (Å²) in [5.74, 6) is 0. The largest absolute Gasteiger partial charge is 0.300 e. The number of rotatable bonds is 5. The number of aryl methyl sites for hydroxylation is 1. The van der Waals surface area contributed by atoms with Gasteiger partial charge in [0.25, 0.3) is 0 Å². The lowest BCUT2D eigenvalue weighted by Crippen LogP contribution is -2.32. The number of benzene rings is 1. The summed E-state index contributed by atoms with van der Waals surface area (Å²) >= 11 is 0. The van der Waals surface area contributed by atoms with E-state index >= 15 is 0 Å². The highest BCUT2D eigenvalue weighted by atomic mass is 15.2. The predicted octanol–water partition coefficient (Wildman–Crippen LogP) is 3.49. The minimum atomic E-state index is 0.808. The van der Waals surface area contributed by atoms with Gasteiger partial charge < -0.3 is 4.90 Å². The van der Waals surface area contributed by atoms with Crippen LogP contribution >= 0.6 is 0 Å². The highest BCUT2D eigenvalue weighted by Crippen LogP contribution is 2.18. The summed E-state index contributed by atoms with van der Waals surface area (Å²) in [4.78, 5) is 2.68. The van der Waals surface area contributed by atoms with Crippen LogP contribution in [0.4, 0.5) is 0 Å². The maximum absolute atomic E-state index is 2.68. The zero-order valence-corrected chi connectivity index (χ0v) is 10.4. The van der Waals surface area contributed by atoms with Crippen LogP contribution in [0.3, 0.4) is 0 Å². The van der Waals surface area contributed by atoms with Crippen LogP contribution in [0.25, 0.3) is 0 Å². The highest BCUT2D eigenvalue weighted by Gasteiger charge is 2.19. The third-order valence-electron chi connectivity index (χ3n) is 3.74. The first-order valence-corrected chi connectivity index (χ1v) is 6.68. The van der Waals surface area contributed by atoms with E-state index in [0.29, 0.717) is 0 Å². The average molecular weight is 217 g/mol. The molecule has 1 aromatic rings. The summed E-state index contributed by atoms with van der Waals surface area (Å²) in [6.07, 6.45) is 6.66. The molecule has 1 atom stereocenters. The molecule has 1 heterocycles. The third kappa shape index (κ3) is 3.08. The van der Waals surface area contributed by atoms with Gasteiger partial charge in [0.1, 0.15) is 0 Å². The van der Waals surface area contributed by atoms with Crippen LogP contribution in [0.1, 0.15) is 38.2 Å². The van der Waals surface area contributed by atoms with Crippen molar-refractivity contribution in [2.24, 2.45) is 0 Å². The Morgan fingerprint density at radius 3 is 2.44 bits per heavy atom. The van der Waals surface area contributed by atoms with Crippen molar-refractivity contribution in [3.63, 3.8) is 0 Å². The van der Waals surface area contributed by atoms with Crippen LogP contribution < -0.4 is 0 Å². The Morgan fingerprint density at radius 1 is 1.12 bits per heavy atom. The molecule has 0 spiro atoms. The van der Waals surface area contributed by atoms with E-state index in [2.05, 4.69) is 42.2 Å². The van der Waals surface area contributed by atoms with Crippen molar-refractivity contribution in [3.8, 4) is 0 Å². The fourth-order valence-corrected chi connectivity index (χ4v) is 2.73. The molecule has 0 aliphatic carbocycles. The fourth-order valence-electron chi connectivity index (χ4n) is 2.73. The van der Waals surface area contributed by atoms with Gasteiger partial charge in [0.15, 0.2) is 0 Å². The van der Waals surface area contributed by atoms with Crippen molar-refractivity contribution < 1.29 is 0 Å². The van der Waals surface area contributed by atoms with Crippen LogP contribution in [0.15, 0.2) is 30.3 Å². The van der Waals surface area contributed by atoms with Crippen LogP contribution in [-0.4, -0.2) is 24.0 Å². The van der Waals surface area contributed by atoms with Gasteiger partial charge in [-0.05, 0) is 50.8 Å². The second-order valence-corrected chi connectivity index (χ2v) is 4.83. The molecule has 0 saturated carbocycles. The molecule has 16 heavy (non-hydrogen) atoms. The average Bonchev–Trinajstić information content (AvgIpc) is 2.85. The summed E-state index contributed by atoms with van der Waals surface area (Å²) < 4.78 is 0. The first-order valence-electron chi connectivity index (χ1n) is 6.68. The van der Waals surface area contributed by atoms with Gasteiger partial charge in [0.2, 0.25) is 0 Å². The molecule has 1 fully saturated rings. The standard InChI is InChI=1S/C15H23N/c1-2-15(16-12-6-7-13-16)11-10-14-8-4-3-5-9-14/h3-5,8-9,15H,2,6-7,10-13H2,1H3/t15-/m1/s1. The van der Waals surface area contributed by atoms with Crippen LogP contribution in [-0.2, 0) is 6.42 Å². The van der Waals surface area contributed by atoms with Crippen LogP contribution in [0.2, 0.25) is 0 Å². The molecule has 1 aliphatic rings. The summed E-state index contributed by atoms with van der Waals surface area (Å²) in [5.41, 5.74) is 1.49. The summed E-state index contributed by atoms with van der Waals surface area (Å²) in [6, 6.07) is 11.7. The molecule has 88 valence electrons. The van der Waals surface area contributed by atoms with E-state index in [9.17, 15) is 0 Å². The van der Waals surface area contributed by atoms with Gasteiger partial charge in [-0.3, -0.25) is 0 Å². The number of hydrogen-bond donors (Lipinski definition) is 0. The van der Waals surface area contributed by atoms with E-state index in [-0.39, 0.29) is 0 Å².